The molecule has 0 saturated carbocycles. The monoisotopic (exact) mass is 435 g/mol. The minimum atomic E-state index is -3.85. The highest BCUT2D eigenvalue weighted by molar-refractivity contribution is 7.91. The summed E-state index contributed by atoms with van der Waals surface area (Å²) in [7, 11) is -3.85. The highest BCUT2D eigenvalue weighted by Crippen LogP contribution is 2.35. The number of likely N-dealkylation sites (N-methyl/N-ethyl adjacent to an activating group) is 1. The van der Waals surface area contributed by atoms with E-state index in [9.17, 15) is 12.8 Å². The average Bonchev–Trinajstić information content (AvgIpc) is 2.73. The van der Waals surface area contributed by atoms with Gasteiger partial charge in [-0.3, -0.25) is 0 Å². The van der Waals surface area contributed by atoms with Gasteiger partial charge in [0.15, 0.2) is 11.1 Å². The molecule has 0 radical (unpaired) electrons. The second kappa shape index (κ2) is 7.89. The van der Waals surface area contributed by atoms with Crippen molar-refractivity contribution in [3.05, 3.63) is 59.5 Å². The Labute approximate surface area is 174 Å². The van der Waals surface area contributed by atoms with E-state index >= 15 is 0 Å². The van der Waals surface area contributed by atoms with Crippen molar-refractivity contribution in [2.45, 2.75) is 16.7 Å². The number of anilines is 1. The summed E-state index contributed by atoms with van der Waals surface area (Å²) in [4.78, 5) is 6.95. The molecule has 2 N–H and O–H groups in total. The molecule has 0 unspecified atom stereocenters. The molecule has 0 atom stereocenters. The van der Waals surface area contributed by atoms with Crippen LogP contribution in [0.3, 0.4) is 0 Å². The van der Waals surface area contributed by atoms with Gasteiger partial charge in [0.2, 0.25) is 15.4 Å². The molecule has 152 valence electrons. The number of sulfone groups is 1. The van der Waals surface area contributed by atoms with Gasteiger partial charge in [0.1, 0.15) is 5.82 Å². The second-order valence-corrected chi connectivity index (χ2v) is 9.59. The van der Waals surface area contributed by atoms with Crippen LogP contribution in [0.2, 0.25) is 5.02 Å². The van der Waals surface area contributed by atoms with Crippen LogP contribution in [-0.2, 0) is 9.84 Å². The predicted molar refractivity (Wildman–Crippen MR) is 111 cm³/mol. The highest BCUT2D eigenvalue weighted by Gasteiger charge is 2.31. The topological polar surface area (TPSA) is 56.0 Å². The summed E-state index contributed by atoms with van der Waals surface area (Å²) in [5.41, 5.74) is 1.47. The van der Waals surface area contributed by atoms with Gasteiger partial charge in [-0.2, -0.15) is 0 Å². The first-order chi connectivity index (χ1) is 13.9. The molecule has 0 aliphatic carbocycles. The summed E-state index contributed by atoms with van der Waals surface area (Å²) in [5.74, 6) is -0.473. The van der Waals surface area contributed by atoms with Crippen molar-refractivity contribution < 1.29 is 22.7 Å². The molecule has 1 aliphatic heterocycles. The predicted octanol–water partition coefficient (Wildman–Crippen LogP) is 2.00. The molecular weight excluding hydrogens is 413 g/mol. The summed E-state index contributed by atoms with van der Waals surface area (Å²) in [6, 6.07) is 10.4. The smallest absolute Gasteiger partial charge is 0.214 e. The number of nitrogens with one attached hydrogen (secondary N) is 2. The third-order valence-corrected chi connectivity index (χ3v) is 7.55. The number of pyridine rings is 1. The number of hydrogen-bond acceptors (Lipinski definition) is 3. The third-order valence-electron chi connectivity index (χ3n) is 5.53. The Kier molecular flexibility index (Phi) is 5.46. The minimum Gasteiger partial charge on any atom is -0.358 e. The molecule has 2 aromatic carbocycles. The fraction of sp³-hybridized carbons (Fsp3) is 0.286. The van der Waals surface area contributed by atoms with Crippen LogP contribution in [0.5, 0.6) is 0 Å². The summed E-state index contributed by atoms with van der Waals surface area (Å²) in [6.07, 6.45) is 1.53. The lowest BCUT2D eigenvalue weighted by Crippen LogP contribution is -3.14. The molecule has 4 rings (SSSR count). The van der Waals surface area contributed by atoms with E-state index in [0.717, 1.165) is 55.8 Å². The largest absolute Gasteiger partial charge is 0.358 e. The maximum atomic E-state index is 13.5. The van der Waals surface area contributed by atoms with Crippen molar-refractivity contribution in [2.75, 3.05) is 37.6 Å². The van der Waals surface area contributed by atoms with E-state index in [0.29, 0.717) is 10.7 Å². The number of hydrogen-bond donors (Lipinski definition) is 1. The zero-order valence-corrected chi connectivity index (χ0v) is 17.7. The van der Waals surface area contributed by atoms with Crippen LogP contribution in [-0.4, -0.2) is 41.1 Å². The van der Waals surface area contributed by atoms with Crippen LogP contribution in [0.15, 0.2) is 58.5 Å². The molecule has 0 bridgehead atoms. The molecule has 0 spiro atoms. The first-order valence-electron chi connectivity index (χ1n) is 9.63. The fourth-order valence-corrected chi connectivity index (χ4v) is 5.48. The van der Waals surface area contributed by atoms with Gasteiger partial charge in [-0.05, 0) is 43.3 Å². The second-order valence-electron chi connectivity index (χ2n) is 7.24. The number of H-pyrrole nitrogens is 1. The molecule has 1 aliphatic rings. The van der Waals surface area contributed by atoms with E-state index < -0.39 is 15.7 Å². The standard InChI is InChI=1S/C21H21ClFN3O2S/c1-2-25-9-11-26(12-10-25)21-18-13-15(22)3-8-19(18)24-14-20(21)29(27,28)17-6-4-16(23)5-7-17/h3-8,13-14H,2,9-12H2,1H3/p+2. The van der Waals surface area contributed by atoms with Crippen LogP contribution < -0.4 is 14.8 Å². The Morgan fingerprint density at radius 2 is 1.83 bits per heavy atom. The fourth-order valence-electron chi connectivity index (χ4n) is 3.85. The van der Waals surface area contributed by atoms with Gasteiger partial charge in [0.25, 0.3) is 0 Å². The number of fused-ring (bicyclic) bond motifs is 1. The zero-order valence-electron chi connectivity index (χ0n) is 16.1. The molecule has 1 saturated heterocycles. The SMILES string of the molecule is CC[NH+]1CCN(c2c(S(=O)(=O)c3ccc(F)cc3)c[nH+]c3ccc(Cl)cc23)CC1. The Morgan fingerprint density at radius 1 is 1.14 bits per heavy atom. The molecule has 1 fully saturated rings. The number of rotatable bonds is 4. The quantitative estimate of drug-likeness (QED) is 0.638. The number of piperazine rings is 1. The summed E-state index contributed by atoms with van der Waals surface area (Å²) < 4.78 is 40.2. The molecule has 2 heterocycles. The van der Waals surface area contributed by atoms with Crippen LogP contribution in [0.1, 0.15) is 6.92 Å². The highest BCUT2D eigenvalue weighted by atomic mass is 35.5. The van der Waals surface area contributed by atoms with Gasteiger partial charge >= 0.3 is 0 Å². The number of nitrogens with zero attached hydrogens (tertiary/aromatic N) is 1. The number of quaternary nitrogens is 1. The first kappa shape index (κ1) is 20.1. The summed E-state index contributed by atoms with van der Waals surface area (Å²) in [6.45, 7) is 6.58. The van der Waals surface area contributed by atoms with E-state index in [4.69, 9.17) is 11.6 Å². The Balaban J connectivity index is 1.91. The molecule has 0 amide bonds. The minimum absolute atomic E-state index is 0.0627. The normalized spacial score (nSPS) is 15.8. The van der Waals surface area contributed by atoms with E-state index in [1.54, 1.807) is 12.1 Å². The van der Waals surface area contributed by atoms with Gasteiger partial charge in [0.05, 0.1) is 48.7 Å². The average molecular weight is 436 g/mol. The van der Waals surface area contributed by atoms with Crippen LogP contribution in [0, 0.1) is 5.82 Å². The lowest BCUT2D eigenvalue weighted by Gasteiger charge is -2.34. The molecule has 29 heavy (non-hydrogen) atoms. The van der Waals surface area contributed by atoms with Gasteiger partial charge in [-0.1, -0.05) is 11.6 Å². The molecule has 5 nitrogen and oxygen atoms in total. The lowest BCUT2D eigenvalue weighted by atomic mass is 10.1. The van der Waals surface area contributed by atoms with Gasteiger partial charge in [-0.15, -0.1) is 0 Å². The van der Waals surface area contributed by atoms with Crippen molar-refractivity contribution in [1.82, 2.24) is 0 Å². The van der Waals surface area contributed by atoms with Crippen molar-refractivity contribution in [1.29, 1.82) is 0 Å². The van der Waals surface area contributed by atoms with Crippen LogP contribution >= 0.6 is 11.6 Å². The number of halogens is 2. The Hall–Kier alpha value is -2.22. The molecule has 1 aromatic heterocycles. The van der Waals surface area contributed by atoms with Crippen molar-refractivity contribution in [3.8, 4) is 0 Å². The van der Waals surface area contributed by atoms with Crippen molar-refractivity contribution in [3.63, 3.8) is 0 Å². The zero-order chi connectivity index (χ0) is 20.6. The van der Waals surface area contributed by atoms with Crippen molar-refractivity contribution in [2.24, 2.45) is 0 Å². The van der Waals surface area contributed by atoms with Gasteiger partial charge in [-0.25, -0.2) is 17.8 Å². The summed E-state index contributed by atoms with van der Waals surface area (Å²) in [5, 5.41) is 1.31. The molecular formula is C21H23ClFN3O2S+2. The Bertz CT molecular complexity index is 1140. The summed E-state index contributed by atoms with van der Waals surface area (Å²) >= 11 is 6.25. The number of benzene rings is 2. The van der Waals surface area contributed by atoms with Crippen LogP contribution in [0.25, 0.3) is 10.9 Å². The third kappa shape index (κ3) is 3.82. The Morgan fingerprint density at radius 3 is 2.48 bits per heavy atom. The van der Waals surface area contributed by atoms with Crippen LogP contribution in [0.4, 0.5) is 10.1 Å². The maximum Gasteiger partial charge on any atom is 0.214 e. The molecule has 8 heteroatoms. The van der Waals surface area contributed by atoms with E-state index in [-0.39, 0.29) is 9.79 Å². The van der Waals surface area contributed by atoms with E-state index in [1.165, 1.54) is 23.2 Å². The number of aromatic nitrogens is 1. The lowest BCUT2D eigenvalue weighted by molar-refractivity contribution is -0.898. The van der Waals surface area contributed by atoms with Crippen molar-refractivity contribution >= 4 is 38.0 Å². The van der Waals surface area contributed by atoms with E-state index in [1.807, 2.05) is 6.07 Å². The number of aromatic amines is 1. The van der Waals surface area contributed by atoms with E-state index in [2.05, 4.69) is 16.8 Å². The molecule has 3 aromatic rings. The van der Waals surface area contributed by atoms with Gasteiger partial charge < -0.3 is 9.80 Å². The van der Waals surface area contributed by atoms with Gasteiger partial charge in [0, 0.05) is 11.1 Å². The maximum absolute atomic E-state index is 13.5. The first-order valence-corrected chi connectivity index (χ1v) is 11.5.